The van der Waals surface area contributed by atoms with Crippen LogP contribution in [0.2, 0.25) is 0 Å². The first-order chi connectivity index (χ1) is 47.5. The largest absolute Gasteiger partial charge is 0.309 e. The maximum atomic E-state index is 2.53. The first-order valence-electron chi connectivity index (χ1n) is 34.9. The molecule has 19 rings (SSSR count). The van der Waals surface area contributed by atoms with E-state index in [9.17, 15) is 0 Å². The standard InChI is InChI=1S/C96H73N/c1-7-93(3,4)70-53-69(54-71(59-70)94(5,6)8-2)68-51-66(60-24-10-9-11-25-60)50-67(52-68)61-38-44-72(45-39-61)97-91-48-42-62(64-40-46-79-77-30-16-22-36-87(77)95(89(79)57-64)83-32-18-12-26-73(83)74-27-13-19-33-84(74)95)55-81(91)82-56-63(43-49-92(82)97)65-41-47-80-78-31-17-23-37-88(78)96(90(80)58-65)85-34-20-14-28-75(85)76-29-15-21-35-86(76)96/h9-59H,7-8H2,1-6H3. The summed E-state index contributed by atoms with van der Waals surface area (Å²) in [7, 11) is 0. The van der Waals surface area contributed by atoms with Gasteiger partial charge in [0.1, 0.15) is 0 Å². The molecule has 97 heavy (non-hydrogen) atoms. The van der Waals surface area contributed by atoms with Crippen molar-refractivity contribution in [2.24, 2.45) is 0 Å². The van der Waals surface area contributed by atoms with Crippen molar-refractivity contribution in [1.29, 1.82) is 0 Å². The Hall–Kier alpha value is -11.1. The first-order valence-corrected chi connectivity index (χ1v) is 34.9. The lowest BCUT2D eigenvalue weighted by molar-refractivity contribution is 0.489. The lowest BCUT2D eigenvalue weighted by Crippen LogP contribution is -2.25. The number of fused-ring (bicyclic) bond motifs is 23. The molecule has 1 nitrogen and oxygen atoms in total. The van der Waals surface area contributed by atoms with Gasteiger partial charge >= 0.3 is 0 Å². The Morgan fingerprint density at radius 3 is 0.897 bits per heavy atom. The van der Waals surface area contributed by atoms with Crippen LogP contribution in [0.4, 0.5) is 0 Å². The summed E-state index contributed by atoms with van der Waals surface area (Å²) in [6.45, 7) is 14.2. The lowest BCUT2D eigenvalue weighted by Gasteiger charge is -2.30. The fourth-order valence-corrected chi connectivity index (χ4v) is 17.8. The van der Waals surface area contributed by atoms with E-state index in [1.165, 1.54) is 178 Å². The second-order valence-corrected chi connectivity index (χ2v) is 29.1. The molecule has 0 amide bonds. The van der Waals surface area contributed by atoms with Crippen molar-refractivity contribution >= 4 is 21.8 Å². The van der Waals surface area contributed by atoms with Gasteiger partial charge in [0.25, 0.3) is 0 Å². The number of hydrogen-bond acceptors (Lipinski definition) is 0. The highest BCUT2D eigenvalue weighted by Gasteiger charge is 2.53. The number of rotatable bonds is 10. The van der Waals surface area contributed by atoms with Crippen LogP contribution >= 0.6 is 0 Å². The molecule has 0 unspecified atom stereocenters. The van der Waals surface area contributed by atoms with Crippen LogP contribution in [0.5, 0.6) is 0 Å². The minimum Gasteiger partial charge on any atom is -0.309 e. The molecule has 1 aromatic heterocycles. The van der Waals surface area contributed by atoms with E-state index in [0.717, 1.165) is 18.5 Å². The molecule has 2 spiro atoms. The Kier molecular flexibility index (Phi) is 12.5. The normalized spacial score (nSPS) is 13.9. The molecule has 0 N–H and O–H groups in total. The van der Waals surface area contributed by atoms with Crippen molar-refractivity contribution in [1.82, 2.24) is 4.57 Å². The summed E-state index contributed by atoms with van der Waals surface area (Å²) < 4.78 is 2.51. The van der Waals surface area contributed by atoms with Gasteiger partial charge in [-0.25, -0.2) is 0 Å². The van der Waals surface area contributed by atoms with Gasteiger partial charge in [0.15, 0.2) is 0 Å². The van der Waals surface area contributed by atoms with Crippen LogP contribution in [0.25, 0.3) is 128 Å². The molecule has 0 saturated carbocycles. The Bertz CT molecular complexity index is 5370. The molecule has 1 heteroatoms. The highest BCUT2D eigenvalue weighted by Crippen LogP contribution is 2.65. The molecule has 1 heterocycles. The first kappa shape index (κ1) is 57.3. The van der Waals surface area contributed by atoms with Gasteiger partial charge in [-0.3, -0.25) is 0 Å². The zero-order valence-corrected chi connectivity index (χ0v) is 55.8. The van der Waals surface area contributed by atoms with Gasteiger partial charge in [0.05, 0.1) is 21.9 Å². The summed E-state index contributed by atoms with van der Waals surface area (Å²) in [4.78, 5) is 0. The number of benzene rings is 14. The van der Waals surface area contributed by atoms with Crippen LogP contribution in [-0.4, -0.2) is 4.57 Å². The van der Waals surface area contributed by atoms with Gasteiger partial charge in [-0.1, -0.05) is 284 Å². The number of aromatic nitrogens is 1. The van der Waals surface area contributed by atoms with Crippen LogP contribution in [0.1, 0.15) is 110 Å². The van der Waals surface area contributed by atoms with Crippen LogP contribution in [0.15, 0.2) is 309 Å². The van der Waals surface area contributed by atoms with Crippen molar-refractivity contribution in [3.05, 3.63) is 365 Å². The molecule has 15 aromatic rings. The molecule has 14 aromatic carbocycles. The van der Waals surface area contributed by atoms with Gasteiger partial charge in [-0.15, -0.1) is 0 Å². The molecule has 0 bridgehead atoms. The molecule has 4 aliphatic carbocycles. The monoisotopic (exact) mass is 1240 g/mol. The lowest BCUT2D eigenvalue weighted by atomic mass is 9.70. The zero-order chi connectivity index (χ0) is 65.1. The Balaban J connectivity index is 0.790. The van der Waals surface area contributed by atoms with Crippen molar-refractivity contribution in [3.8, 4) is 106 Å². The minimum atomic E-state index is -0.439. The van der Waals surface area contributed by atoms with E-state index >= 15 is 0 Å². The fourth-order valence-electron chi connectivity index (χ4n) is 17.8. The summed E-state index contributed by atoms with van der Waals surface area (Å²) in [5.41, 5.74) is 38.9. The van der Waals surface area contributed by atoms with Gasteiger partial charge in [0, 0.05) is 16.5 Å². The van der Waals surface area contributed by atoms with E-state index in [2.05, 4.69) is 355 Å². The molecule has 0 radical (unpaired) electrons. The van der Waals surface area contributed by atoms with E-state index < -0.39 is 10.8 Å². The molecular formula is C96H73N. The molecule has 4 aliphatic rings. The smallest absolute Gasteiger partial charge is 0.0725 e. The van der Waals surface area contributed by atoms with E-state index in [4.69, 9.17) is 0 Å². The van der Waals surface area contributed by atoms with Crippen LogP contribution < -0.4 is 0 Å². The van der Waals surface area contributed by atoms with Crippen molar-refractivity contribution in [2.45, 2.75) is 76.0 Å². The number of nitrogens with zero attached hydrogens (tertiary/aromatic N) is 1. The van der Waals surface area contributed by atoms with Crippen molar-refractivity contribution in [2.75, 3.05) is 0 Å². The Morgan fingerprint density at radius 2 is 0.526 bits per heavy atom. The van der Waals surface area contributed by atoms with Gasteiger partial charge in [-0.05, 0) is 246 Å². The molecular weight excluding hydrogens is 1170 g/mol. The summed E-state index contributed by atoms with van der Waals surface area (Å²) >= 11 is 0. The maximum Gasteiger partial charge on any atom is 0.0725 e. The predicted octanol–water partition coefficient (Wildman–Crippen LogP) is 25.2. The fraction of sp³-hybridized carbons (Fsp3) is 0.125. The predicted molar refractivity (Wildman–Crippen MR) is 407 cm³/mol. The van der Waals surface area contributed by atoms with Gasteiger partial charge in [0.2, 0.25) is 0 Å². The molecule has 462 valence electrons. The molecule has 0 saturated heterocycles. The van der Waals surface area contributed by atoms with E-state index in [1.807, 2.05) is 0 Å². The highest BCUT2D eigenvalue weighted by molar-refractivity contribution is 6.12. The highest BCUT2D eigenvalue weighted by atomic mass is 15.0. The van der Waals surface area contributed by atoms with Gasteiger partial charge in [-0.2, -0.15) is 0 Å². The van der Waals surface area contributed by atoms with Crippen LogP contribution in [0.3, 0.4) is 0 Å². The van der Waals surface area contributed by atoms with E-state index in [-0.39, 0.29) is 10.8 Å². The van der Waals surface area contributed by atoms with Crippen LogP contribution in [-0.2, 0) is 21.7 Å². The average molecular weight is 1240 g/mol. The average Bonchev–Trinajstić information content (AvgIpc) is 1.52. The van der Waals surface area contributed by atoms with E-state index in [1.54, 1.807) is 0 Å². The quantitative estimate of drug-likeness (QED) is 0.129. The third-order valence-corrected chi connectivity index (χ3v) is 23.5. The minimum absolute atomic E-state index is 0.0306. The van der Waals surface area contributed by atoms with Crippen molar-refractivity contribution in [3.63, 3.8) is 0 Å². The second kappa shape index (κ2) is 21.2. The SMILES string of the molecule is CCC(C)(C)c1cc(-c2cc(-c3ccccc3)cc(-c3ccc(-n4c5ccc(-c6ccc7c(c6)C6(c8ccccc8-c8ccccc86)c6ccccc6-7)cc5c5cc(-c6ccc7c(c6)C6(c8ccccc8-c8ccccc86)c6ccccc6-7)ccc54)cc3)c2)cc(C(C)(C)CC)c1. The summed E-state index contributed by atoms with van der Waals surface area (Å²) in [5, 5.41) is 2.44. The Labute approximate surface area is 569 Å². The maximum absolute atomic E-state index is 2.53. The second-order valence-electron chi connectivity index (χ2n) is 29.1. The van der Waals surface area contributed by atoms with Crippen LogP contribution in [0, 0.1) is 0 Å². The summed E-state index contributed by atoms with van der Waals surface area (Å²) in [6.07, 6.45) is 2.12. The van der Waals surface area contributed by atoms with E-state index in [0.29, 0.717) is 0 Å². The number of hydrogen-bond donors (Lipinski definition) is 0. The summed E-state index contributed by atoms with van der Waals surface area (Å²) in [5.74, 6) is 0. The topological polar surface area (TPSA) is 4.93 Å². The molecule has 0 aliphatic heterocycles. The Morgan fingerprint density at radius 1 is 0.237 bits per heavy atom. The third-order valence-electron chi connectivity index (χ3n) is 23.5. The molecule has 0 atom stereocenters. The third kappa shape index (κ3) is 8.19. The molecule has 0 fully saturated rings. The summed E-state index contributed by atoms with van der Waals surface area (Å²) in [6, 6.07) is 119. The zero-order valence-electron chi connectivity index (χ0n) is 55.8. The van der Waals surface area contributed by atoms with Gasteiger partial charge < -0.3 is 4.57 Å². The van der Waals surface area contributed by atoms with Crippen molar-refractivity contribution < 1.29 is 0 Å².